The maximum atomic E-state index is 3.36. The van der Waals surface area contributed by atoms with Gasteiger partial charge in [0.25, 0.3) is 0 Å². The Kier molecular flexibility index (Phi) is 7.48. The van der Waals surface area contributed by atoms with Crippen molar-refractivity contribution in [2.24, 2.45) is 11.8 Å². The molecule has 2 atom stereocenters. The van der Waals surface area contributed by atoms with E-state index in [-0.39, 0.29) is 0 Å². The first-order valence-corrected chi connectivity index (χ1v) is 10.5. The van der Waals surface area contributed by atoms with Gasteiger partial charge in [-0.1, -0.05) is 64.2 Å². The Bertz CT molecular complexity index is 458. The Balaban J connectivity index is 0.000000144. The van der Waals surface area contributed by atoms with Crippen molar-refractivity contribution >= 4 is 4.21 Å². The van der Waals surface area contributed by atoms with Gasteiger partial charge in [-0.3, -0.25) is 12.2 Å². The third-order valence-electron chi connectivity index (χ3n) is 5.17. The van der Waals surface area contributed by atoms with Gasteiger partial charge in [0.1, 0.15) is 0 Å². The van der Waals surface area contributed by atoms with Gasteiger partial charge < -0.3 is 0 Å². The molecular formula is C21H28Zr. The molecule has 0 N–H and O–H groups in total. The van der Waals surface area contributed by atoms with Gasteiger partial charge in [0, 0.05) is 0 Å². The molecule has 0 fully saturated rings. The van der Waals surface area contributed by atoms with Gasteiger partial charge in [-0.15, -0.1) is 0 Å². The average Bonchev–Trinajstić information content (AvgIpc) is 3.15. The molecule has 116 valence electrons. The molecule has 1 heteroatoms. The van der Waals surface area contributed by atoms with E-state index in [1.54, 1.807) is 22.3 Å². The Morgan fingerprint density at radius 2 is 1.14 bits per heavy atom. The molecule has 0 radical (unpaired) electrons. The summed E-state index contributed by atoms with van der Waals surface area (Å²) in [6.07, 6.45) is 22.0. The van der Waals surface area contributed by atoms with Gasteiger partial charge in [-0.2, -0.15) is 22.3 Å². The molecule has 0 nitrogen and oxygen atoms in total. The monoisotopic (exact) mass is 370 g/mol. The van der Waals surface area contributed by atoms with Crippen LogP contribution in [0.4, 0.5) is 0 Å². The maximum absolute atomic E-state index is 3.36. The summed E-state index contributed by atoms with van der Waals surface area (Å²) in [7, 11) is 0. The van der Waals surface area contributed by atoms with E-state index in [9.17, 15) is 0 Å². The minimum absolute atomic E-state index is 0.635. The second kappa shape index (κ2) is 9.12. The first-order valence-electron chi connectivity index (χ1n) is 8.73. The van der Waals surface area contributed by atoms with Crippen molar-refractivity contribution in [2.45, 2.75) is 65.2 Å². The minimum atomic E-state index is 0.635. The van der Waals surface area contributed by atoms with Crippen molar-refractivity contribution in [1.29, 1.82) is 0 Å². The zero-order valence-electron chi connectivity index (χ0n) is 14.2. The van der Waals surface area contributed by atoms with Gasteiger partial charge in [0.2, 0.25) is 0 Å². The molecule has 4 aliphatic rings. The number of hydrogen-bond donors (Lipinski definition) is 0. The van der Waals surface area contributed by atoms with Crippen molar-refractivity contribution in [2.75, 3.05) is 0 Å². The van der Waals surface area contributed by atoms with Crippen molar-refractivity contribution in [3.63, 3.8) is 0 Å². The SMILES string of the molecule is CC1[C-]=CC2=C1CCCC2.CC1[C-]=CC2=C1CCCC2.[CH2]=[Zr+2]. The number of allylic oxidation sites excluding steroid dienone is 8. The zero-order chi connectivity index (χ0) is 15.9. The molecule has 0 aromatic carbocycles. The van der Waals surface area contributed by atoms with Crippen LogP contribution in [0.15, 0.2) is 34.4 Å². The van der Waals surface area contributed by atoms with Crippen LogP contribution >= 0.6 is 0 Å². The third kappa shape index (κ3) is 4.38. The van der Waals surface area contributed by atoms with Crippen molar-refractivity contribution in [1.82, 2.24) is 0 Å². The average molecular weight is 372 g/mol. The molecule has 0 bridgehead atoms. The molecule has 4 rings (SSSR count). The van der Waals surface area contributed by atoms with Crippen LogP contribution < -0.4 is 0 Å². The first kappa shape index (κ1) is 18.1. The molecule has 4 aliphatic carbocycles. The van der Waals surface area contributed by atoms with Crippen LogP contribution in [-0.2, 0) is 24.2 Å². The van der Waals surface area contributed by atoms with Gasteiger partial charge in [0.15, 0.2) is 0 Å². The fourth-order valence-corrected chi connectivity index (χ4v) is 3.88. The summed E-state index contributed by atoms with van der Waals surface area (Å²) < 4.78 is 3.34. The van der Waals surface area contributed by atoms with Crippen LogP contribution in [0.2, 0.25) is 0 Å². The Morgan fingerprint density at radius 1 is 0.773 bits per heavy atom. The summed E-state index contributed by atoms with van der Waals surface area (Å²) in [5.41, 5.74) is 6.54. The Hall–Kier alpha value is -0.287. The summed E-state index contributed by atoms with van der Waals surface area (Å²) in [4.78, 5) is 0. The second-order valence-corrected chi connectivity index (χ2v) is 6.58. The van der Waals surface area contributed by atoms with E-state index in [1.807, 2.05) is 0 Å². The van der Waals surface area contributed by atoms with Crippen molar-refractivity contribution in [3.8, 4) is 0 Å². The fraction of sp³-hybridized carbons (Fsp3) is 0.571. The van der Waals surface area contributed by atoms with Crippen LogP contribution in [0.3, 0.4) is 0 Å². The van der Waals surface area contributed by atoms with Crippen LogP contribution in [0.25, 0.3) is 0 Å². The molecule has 0 spiro atoms. The summed E-state index contributed by atoms with van der Waals surface area (Å²) in [6.45, 7) is 4.51. The summed E-state index contributed by atoms with van der Waals surface area (Å²) in [5, 5.41) is 0. The molecule has 0 saturated carbocycles. The first-order chi connectivity index (χ1) is 10.8. The third-order valence-corrected chi connectivity index (χ3v) is 5.17. The van der Waals surface area contributed by atoms with Crippen LogP contribution in [0.1, 0.15) is 65.2 Å². The van der Waals surface area contributed by atoms with E-state index in [0.717, 1.165) is 0 Å². The van der Waals surface area contributed by atoms with E-state index >= 15 is 0 Å². The number of hydrogen-bond acceptors (Lipinski definition) is 0. The summed E-state index contributed by atoms with van der Waals surface area (Å²) in [6, 6.07) is 0. The van der Waals surface area contributed by atoms with Crippen molar-refractivity contribution in [3.05, 3.63) is 46.6 Å². The van der Waals surface area contributed by atoms with E-state index in [4.69, 9.17) is 0 Å². The molecule has 2 unspecified atom stereocenters. The van der Waals surface area contributed by atoms with Gasteiger partial charge in [-0.25, -0.2) is 12.2 Å². The zero-order valence-corrected chi connectivity index (χ0v) is 16.6. The van der Waals surface area contributed by atoms with E-state index in [0.29, 0.717) is 11.8 Å². The number of rotatable bonds is 0. The van der Waals surface area contributed by atoms with Gasteiger partial charge >= 0.3 is 28.4 Å². The normalized spacial score (nSPS) is 28.5. The molecule has 0 aromatic rings. The van der Waals surface area contributed by atoms with Crippen molar-refractivity contribution < 1.29 is 24.2 Å². The topological polar surface area (TPSA) is 0 Å². The fourth-order valence-electron chi connectivity index (χ4n) is 3.88. The summed E-state index contributed by atoms with van der Waals surface area (Å²) in [5.74, 6) is 1.27. The molecule has 0 heterocycles. The molecule has 0 aromatic heterocycles. The van der Waals surface area contributed by atoms with Gasteiger partial charge in [0.05, 0.1) is 0 Å². The molecule has 22 heavy (non-hydrogen) atoms. The molecule has 0 saturated heterocycles. The van der Waals surface area contributed by atoms with E-state index in [2.05, 4.69) is 42.4 Å². The standard InChI is InChI=1S/2C10H13.CH2.Zr/c2*1-8-6-7-9-4-2-3-5-10(8)9;;/h2*7-8H,2-5H2,1H3;1H2;/q2*-1;;+2. The molecule has 0 amide bonds. The molecular weight excluding hydrogens is 343 g/mol. The second-order valence-electron chi connectivity index (χ2n) is 6.58. The van der Waals surface area contributed by atoms with E-state index in [1.165, 1.54) is 75.6 Å². The quantitative estimate of drug-likeness (QED) is 0.479. The summed E-state index contributed by atoms with van der Waals surface area (Å²) >= 11 is 1.30. The Morgan fingerprint density at radius 3 is 1.50 bits per heavy atom. The predicted molar refractivity (Wildman–Crippen MR) is 92.1 cm³/mol. The molecule has 0 aliphatic heterocycles. The van der Waals surface area contributed by atoms with Crippen LogP contribution in [0, 0.1) is 24.0 Å². The van der Waals surface area contributed by atoms with Gasteiger partial charge in [-0.05, 0) is 12.8 Å². The van der Waals surface area contributed by atoms with E-state index < -0.39 is 0 Å². The van der Waals surface area contributed by atoms with Crippen LogP contribution in [-0.4, -0.2) is 4.21 Å². The van der Waals surface area contributed by atoms with Crippen LogP contribution in [0.5, 0.6) is 0 Å². The predicted octanol–water partition coefficient (Wildman–Crippen LogP) is 5.70. The Labute approximate surface area is 151 Å².